The van der Waals surface area contributed by atoms with Gasteiger partial charge in [-0.3, -0.25) is 0 Å². The molecule has 0 fully saturated rings. The summed E-state index contributed by atoms with van der Waals surface area (Å²) in [5.74, 6) is 0. The second-order valence-corrected chi connectivity index (χ2v) is 6.12. The van der Waals surface area contributed by atoms with Crippen molar-refractivity contribution >= 4 is 26.2 Å². The minimum Gasteiger partial charge on any atom is -0.0776 e. The minimum atomic E-state index is 1.12. The summed E-state index contributed by atoms with van der Waals surface area (Å²) in [6.45, 7) is 2.24. The van der Waals surface area contributed by atoms with E-state index in [1.807, 2.05) is 0 Å². The van der Waals surface area contributed by atoms with Gasteiger partial charge in [-0.2, -0.15) is 0 Å². The summed E-state index contributed by atoms with van der Waals surface area (Å²) >= 11 is 3.72. The lowest BCUT2D eigenvalue weighted by molar-refractivity contribution is 0.807. The molecule has 0 aliphatic rings. The number of rotatable bonds is 5. The molecule has 0 saturated heterocycles. The van der Waals surface area contributed by atoms with Crippen LogP contribution in [0, 0.1) is 0 Å². The Hall–Kier alpha value is -0.343. The number of allylic oxidation sites excluding steroid dienone is 2. The second-order valence-electron chi connectivity index (χ2n) is 3.95. The van der Waals surface area contributed by atoms with Crippen LogP contribution in [0.15, 0.2) is 40.0 Å². The molecule has 0 unspecified atom stereocenters. The van der Waals surface area contributed by atoms with E-state index in [0.717, 1.165) is 16.7 Å². The first-order chi connectivity index (χ1) is 7.24. The van der Waals surface area contributed by atoms with Crippen molar-refractivity contribution in [1.29, 1.82) is 0 Å². The summed E-state index contributed by atoms with van der Waals surface area (Å²) in [5.41, 5.74) is 1.43. The van der Waals surface area contributed by atoms with Crippen molar-refractivity contribution in [3.8, 4) is 0 Å². The average Bonchev–Trinajstić information content (AvgIpc) is 2.27. The SMILES string of the molecule is CCCCC(Br)=C([SiH3])Cc1ccccc1. The lowest BCUT2D eigenvalue weighted by atomic mass is 10.1. The molecule has 0 amide bonds. The highest BCUT2D eigenvalue weighted by Crippen LogP contribution is 2.20. The Morgan fingerprint density at radius 1 is 1.27 bits per heavy atom. The molecule has 0 atom stereocenters. The maximum absolute atomic E-state index is 3.72. The average molecular weight is 283 g/mol. The molecule has 0 heterocycles. The molecule has 0 spiro atoms. The van der Waals surface area contributed by atoms with Crippen molar-refractivity contribution in [3.05, 3.63) is 45.6 Å². The fourth-order valence-electron chi connectivity index (χ4n) is 1.54. The molecule has 0 aromatic heterocycles. The molecule has 0 aliphatic heterocycles. The predicted molar refractivity (Wildman–Crippen MR) is 75.6 cm³/mol. The molecule has 1 aromatic carbocycles. The molecule has 15 heavy (non-hydrogen) atoms. The zero-order chi connectivity index (χ0) is 11.1. The summed E-state index contributed by atoms with van der Waals surface area (Å²) in [5, 5.41) is 1.59. The monoisotopic (exact) mass is 282 g/mol. The third-order valence-electron chi connectivity index (χ3n) is 2.53. The van der Waals surface area contributed by atoms with Gasteiger partial charge in [0, 0.05) is 10.2 Å². The first-order valence-corrected chi connectivity index (χ1v) is 7.41. The lowest BCUT2D eigenvalue weighted by Gasteiger charge is -2.06. The van der Waals surface area contributed by atoms with E-state index in [1.54, 1.807) is 5.20 Å². The molecule has 1 aromatic rings. The van der Waals surface area contributed by atoms with Crippen LogP contribution in [0.5, 0.6) is 0 Å². The van der Waals surface area contributed by atoms with Crippen molar-refractivity contribution in [2.75, 3.05) is 0 Å². The van der Waals surface area contributed by atoms with Crippen LogP contribution in [0.2, 0.25) is 0 Å². The van der Waals surface area contributed by atoms with Crippen LogP contribution in [-0.2, 0) is 6.42 Å². The van der Waals surface area contributed by atoms with Crippen molar-refractivity contribution in [1.82, 2.24) is 0 Å². The molecule has 0 nitrogen and oxygen atoms in total. The van der Waals surface area contributed by atoms with Gasteiger partial charge in [0.2, 0.25) is 0 Å². The van der Waals surface area contributed by atoms with Crippen LogP contribution in [0.3, 0.4) is 0 Å². The maximum Gasteiger partial charge on any atom is 0.0347 e. The van der Waals surface area contributed by atoms with Crippen molar-refractivity contribution < 1.29 is 0 Å². The summed E-state index contributed by atoms with van der Waals surface area (Å²) in [7, 11) is 1.16. The van der Waals surface area contributed by atoms with Crippen LogP contribution >= 0.6 is 15.9 Å². The fourth-order valence-corrected chi connectivity index (χ4v) is 2.62. The van der Waals surface area contributed by atoms with Gasteiger partial charge >= 0.3 is 0 Å². The number of unbranched alkanes of at least 4 members (excludes halogenated alkanes) is 1. The van der Waals surface area contributed by atoms with Crippen LogP contribution in [-0.4, -0.2) is 10.2 Å². The zero-order valence-electron chi connectivity index (χ0n) is 9.59. The largest absolute Gasteiger partial charge is 0.0776 e. The van der Waals surface area contributed by atoms with Crippen molar-refractivity contribution in [3.63, 3.8) is 0 Å². The lowest BCUT2D eigenvalue weighted by Crippen LogP contribution is -1.93. The van der Waals surface area contributed by atoms with Gasteiger partial charge in [-0.25, -0.2) is 0 Å². The third-order valence-corrected chi connectivity index (χ3v) is 5.29. The van der Waals surface area contributed by atoms with E-state index >= 15 is 0 Å². The van der Waals surface area contributed by atoms with Gasteiger partial charge in [-0.15, -0.1) is 0 Å². The van der Waals surface area contributed by atoms with Gasteiger partial charge in [0.1, 0.15) is 0 Å². The standard InChI is InChI=1S/C13H19BrSi/c1-2-3-9-12(14)13(15)10-11-7-5-4-6-8-11/h4-8H,2-3,9-10H2,1,15H3. The normalized spacial score (nSPS) is 12.7. The summed E-state index contributed by atoms with van der Waals surface area (Å²) < 4.78 is 1.44. The third kappa shape index (κ3) is 4.80. The van der Waals surface area contributed by atoms with Crippen LogP contribution in [0.1, 0.15) is 31.7 Å². The Kier molecular flexibility index (Phi) is 5.95. The molecular formula is C13H19BrSi. The van der Waals surface area contributed by atoms with Crippen LogP contribution in [0.4, 0.5) is 0 Å². The maximum atomic E-state index is 3.72. The van der Waals surface area contributed by atoms with E-state index in [0.29, 0.717) is 0 Å². The summed E-state index contributed by atoms with van der Waals surface area (Å²) in [6.07, 6.45) is 4.90. The Morgan fingerprint density at radius 3 is 2.53 bits per heavy atom. The second kappa shape index (κ2) is 7.02. The van der Waals surface area contributed by atoms with E-state index in [4.69, 9.17) is 0 Å². The van der Waals surface area contributed by atoms with E-state index in [2.05, 4.69) is 53.2 Å². The predicted octanol–water partition coefficient (Wildman–Crippen LogP) is 3.39. The molecule has 0 saturated carbocycles. The van der Waals surface area contributed by atoms with Gasteiger partial charge < -0.3 is 0 Å². The Bertz CT molecular complexity index is 317. The Morgan fingerprint density at radius 2 is 1.93 bits per heavy atom. The van der Waals surface area contributed by atoms with Gasteiger partial charge in [-0.1, -0.05) is 64.8 Å². The highest BCUT2D eigenvalue weighted by molar-refractivity contribution is 9.11. The smallest absolute Gasteiger partial charge is 0.0347 e. The van der Waals surface area contributed by atoms with Gasteiger partial charge in [0.15, 0.2) is 0 Å². The first-order valence-electron chi connectivity index (χ1n) is 5.62. The first kappa shape index (κ1) is 12.7. The molecule has 1 rings (SSSR count). The van der Waals surface area contributed by atoms with E-state index in [-0.39, 0.29) is 0 Å². The molecule has 0 radical (unpaired) electrons. The molecule has 0 bridgehead atoms. The van der Waals surface area contributed by atoms with Crippen molar-refractivity contribution in [2.24, 2.45) is 0 Å². The van der Waals surface area contributed by atoms with Crippen LogP contribution < -0.4 is 0 Å². The molecule has 0 N–H and O–H groups in total. The summed E-state index contributed by atoms with van der Waals surface area (Å²) in [6, 6.07) is 10.7. The number of hydrogen-bond donors (Lipinski definition) is 0. The van der Waals surface area contributed by atoms with E-state index < -0.39 is 0 Å². The minimum absolute atomic E-state index is 1.12. The Labute approximate surface area is 104 Å². The number of hydrogen-bond acceptors (Lipinski definition) is 0. The molecular weight excluding hydrogens is 264 g/mol. The van der Waals surface area contributed by atoms with Gasteiger partial charge in [0.25, 0.3) is 0 Å². The molecule has 2 heteroatoms. The number of halogens is 1. The fraction of sp³-hybridized carbons (Fsp3) is 0.385. The molecule has 82 valence electrons. The quantitative estimate of drug-likeness (QED) is 0.727. The van der Waals surface area contributed by atoms with E-state index in [9.17, 15) is 0 Å². The van der Waals surface area contributed by atoms with Crippen molar-refractivity contribution in [2.45, 2.75) is 32.6 Å². The Balaban J connectivity index is 2.57. The molecule has 0 aliphatic carbocycles. The highest BCUT2D eigenvalue weighted by atomic mass is 79.9. The zero-order valence-corrected chi connectivity index (χ0v) is 13.2. The highest BCUT2D eigenvalue weighted by Gasteiger charge is 2.00. The van der Waals surface area contributed by atoms with E-state index in [1.165, 1.54) is 29.3 Å². The van der Waals surface area contributed by atoms with Gasteiger partial charge in [-0.05, 0) is 29.3 Å². The van der Waals surface area contributed by atoms with Gasteiger partial charge in [0.05, 0.1) is 0 Å². The number of benzene rings is 1. The topological polar surface area (TPSA) is 0 Å². The summed E-state index contributed by atoms with van der Waals surface area (Å²) in [4.78, 5) is 0. The van der Waals surface area contributed by atoms with Crippen LogP contribution in [0.25, 0.3) is 0 Å².